The lowest BCUT2D eigenvalue weighted by Gasteiger charge is -2.22. The van der Waals surface area contributed by atoms with E-state index in [1.54, 1.807) is 52.9 Å². The second kappa shape index (κ2) is 8.40. The van der Waals surface area contributed by atoms with E-state index >= 15 is 0 Å². The number of hydrogen-bond acceptors (Lipinski definition) is 6. The van der Waals surface area contributed by atoms with Crippen LogP contribution in [0.5, 0.6) is 0 Å². The zero-order chi connectivity index (χ0) is 19.3. The fraction of sp³-hybridized carbons (Fsp3) is 0.111. The monoisotopic (exact) mass is 403 g/mol. The number of hydroxylamine groups is 1. The zero-order valence-electron chi connectivity index (χ0n) is 14.1. The van der Waals surface area contributed by atoms with Crippen molar-refractivity contribution >= 4 is 27.3 Å². The van der Waals surface area contributed by atoms with E-state index in [0.717, 1.165) is 5.56 Å². The van der Waals surface area contributed by atoms with Crippen LogP contribution < -0.4 is 5.48 Å². The molecule has 7 nitrogen and oxygen atoms in total. The fourth-order valence-electron chi connectivity index (χ4n) is 2.50. The van der Waals surface area contributed by atoms with Gasteiger partial charge < -0.3 is 0 Å². The Morgan fingerprint density at radius 1 is 1.11 bits per heavy atom. The van der Waals surface area contributed by atoms with Gasteiger partial charge in [0.25, 0.3) is 5.91 Å². The Morgan fingerprint density at radius 3 is 2.44 bits per heavy atom. The molecule has 27 heavy (non-hydrogen) atoms. The van der Waals surface area contributed by atoms with E-state index in [9.17, 15) is 13.2 Å². The molecule has 2 heterocycles. The predicted molar refractivity (Wildman–Crippen MR) is 101 cm³/mol. The molecule has 0 atom stereocenters. The van der Waals surface area contributed by atoms with Crippen LogP contribution in [0.1, 0.15) is 21.5 Å². The van der Waals surface area contributed by atoms with Crippen molar-refractivity contribution in [1.82, 2.24) is 14.8 Å². The number of amides is 1. The van der Waals surface area contributed by atoms with Crippen LogP contribution in [0.15, 0.2) is 70.5 Å². The third kappa shape index (κ3) is 4.58. The summed E-state index contributed by atoms with van der Waals surface area (Å²) in [5.41, 5.74) is 3.33. The van der Waals surface area contributed by atoms with Gasteiger partial charge in [0.15, 0.2) is 0 Å². The minimum atomic E-state index is -3.69. The van der Waals surface area contributed by atoms with Crippen LogP contribution in [0.2, 0.25) is 0 Å². The molecule has 1 amide bonds. The highest BCUT2D eigenvalue weighted by Crippen LogP contribution is 2.23. The largest absolute Gasteiger partial charge is 0.288 e. The number of nitrogens with one attached hydrogen (secondary N) is 1. The summed E-state index contributed by atoms with van der Waals surface area (Å²) in [4.78, 5) is 15.7. The summed E-state index contributed by atoms with van der Waals surface area (Å²) in [5, 5.41) is 12.0. The van der Waals surface area contributed by atoms with Crippen molar-refractivity contribution in [1.29, 1.82) is 0 Å². The van der Waals surface area contributed by atoms with E-state index in [-0.39, 0.29) is 23.5 Å². The molecular weight excluding hydrogens is 386 g/mol. The lowest BCUT2D eigenvalue weighted by Crippen LogP contribution is -2.30. The Labute approximate surface area is 160 Å². The Kier molecular flexibility index (Phi) is 5.97. The first-order valence-electron chi connectivity index (χ1n) is 7.95. The topological polar surface area (TPSA) is 99.6 Å². The van der Waals surface area contributed by atoms with Gasteiger partial charge in [-0.05, 0) is 40.8 Å². The molecule has 0 spiro atoms. The van der Waals surface area contributed by atoms with E-state index in [1.807, 2.05) is 6.07 Å². The van der Waals surface area contributed by atoms with E-state index in [1.165, 1.54) is 27.8 Å². The van der Waals surface area contributed by atoms with Crippen LogP contribution in [0.4, 0.5) is 0 Å². The van der Waals surface area contributed by atoms with Crippen LogP contribution in [0.25, 0.3) is 0 Å². The summed E-state index contributed by atoms with van der Waals surface area (Å²) >= 11 is 1.32. The first-order chi connectivity index (χ1) is 13.0. The van der Waals surface area contributed by atoms with E-state index < -0.39 is 15.9 Å². The van der Waals surface area contributed by atoms with Crippen molar-refractivity contribution in [2.24, 2.45) is 0 Å². The molecule has 2 N–H and O–H groups in total. The molecule has 0 radical (unpaired) electrons. The summed E-state index contributed by atoms with van der Waals surface area (Å²) in [6, 6.07) is 11.5. The molecule has 0 aliphatic carbocycles. The van der Waals surface area contributed by atoms with Crippen LogP contribution in [0, 0.1) is 0 Å². The maximum absolute atomic E-state index is 13.0. The maximum atomic E-state index is 13.0. The molecule has 2 aromatic heterocycles. The average molecular weight is 403 g/mol. The van der Waals surface area contributed by atoms with Crippen LogP contribution in [-0.2, 0) is 23.1 Å². The minimum Gasteiger partial charge on any atom is -0.288 e. The normalized spacial score (nSPS) is 11.5. The smallest absolute Gasteiger partial charge is 0.274 e. The number of aromatic nitrogens is 1. The number of hydrogen-bond donors (Lipinski definition) is 2. The molecule has 1 aromatic carbocycles. The number of thiophene rings is 1. The van der Waals surface area contributed by atoms with Gasteiger partial charge in [-0.25, -0.2) is 13.9 Å². The summed E-state index contributed by atoms with van der Waals surface area (Å²) < 4.78 is 27.4. The van der Waals surface area contributed by atoms with Gasteiger partial charge in [-0.1, -0.05) is 18.2 Å². The van der Waals surface area contributed by atoms with Crippen molar-refractivity contribution in [3.05, 3.63) is 82.3 Å². The van der Waals surface area contributed by atoms with Crippen molar-refractivity contribution in [2.75, 3.05) is 0 Å². The molecule has 3 aromatic rings. The number of benzene rings is 1. The molecule has 140 valence electrons. The number of pyridine rings is 1. The minimum absolute atomic E-state index is 0.133. The third-order valence-electron chi connectivity index (χ3n) is 3.89. The van der Waals surface area contributed by atoms with Crippen molar-refractivity contribution in [2.45, 2.75) is 18.0 Å². The molecule has 0 aliphatic rings. The molecule has 0 bridgehead atoms. The summed E-state index contributed by atoms with van der Waals surface area (Å²) in [6.45, 7) is 0.305. The van der Waals surface area contributed by atoms with Gasteiger partial charge in [-0.3, -0.25) is 15.0 Å². The van der Waals surface area contributed by atoms with Crippen LogP contribution in [-0.4, -0.2) is 28.8 Å². The van der Waals surface area contributed by atoms with E-state index in [4.69, 9.17) is 5.21 Å². The van der Waals surface area contributed by atoms with Gasteiger partial charge in [-0.15, -0.1) is 0 Å². The quantitative estimate of drug-likeness (QED) is 0.467. The zero-order valence-corrected chi connectivity index (χ0v) is 15.8. The molecule has 9 heteroatoms. The molecule has 0 saturated carbocycles. The lowest BCUT2D eigenvalue weighted by molar-refractivity contribution is 0.0706. The average Bonchev–Trinajstić information content (AvgIpc) is 3.24. The second-order valence-corrected chi connectivity index (χ2v) is 8.45. The summed E-state index contributed by atoms with van der Waals surface area (Å²) in [7, 11) is -3.69. The van der Waals surface area contributed by atoms with Gasteiger partial charge in [0.2, 0.25) is 10.0 Å². The number of sulfonamides is 1. The SMILES string of the molecule is O=C(NO)c1ccc(CN(Cc2cccnc2)S(=O)(=O)c2ccsc2)cc1. The predicted octanol–water partition coefficient (Wildman–Crippen LogP) is 2.65. The Balaban J connectivity index is 1.89. The second-order valence-electron chi connectivity index (χ2n) is 5.73. The third-order valence-corrected chi connectivity index (χ3v) is 6.51. The number of rotatable bonds is 7. The Bertz CT molecular complexity index is 989. The van der Waals surface area contributed by atoms with Gasteiger partial charge in [0, 0.05) is 36.4 Å². The highest BCUT2D eigenvalue weighted by Gasteiger charge is 2.25. The molecular formula is C18H17N3O4S2. The van der Waals surface area contributed by atoms with Gasteiger partial charge >= 0.3 is 0 Å². The van der Waals surface area contributed by atoms with Crippen LogP contribution >= 0.6 is 11.3 Å². The highest BCUT2D eigenvalue weighted by atomic mass is 32.2. The molecule has 3 rings (SSSR count). The van der Waals surface area contributed by atoms with Gasteiger partial charge in [-0.2, -0.15) is 15.6 Å². The molecule has 0 fully saturated rings. The first kappa shape index (κ1) is 19.2. The van der Waals surface area contributed by atoms with Crippen LogP contribution in [0.3, 0.4) is 0 Å². The standard InChI is InChI=1S/C18H17N3O4S2/c22-18(20-23)16-5-3-14(4-6-16)11-21(12-15-2-1-8-19-10-15)27(24,25)17-7-9-26-13-17/h1-10,13,23H,11-12H2,(H,20,22). The fourth-order valence-corrected chi connectivity index (χ4v) is 4.93. The van der Waals surface area contributed by atoms with E-state index in [0.29, 0.717) is 5.56 Å². The molecule has 0 saturated heterocycles. The van der Waals surface area contributed by atoms with Gasteiger partial charge in [0.1, 0.15) is 0 Å². The summed E-state index contributed by atoms with van der Waals surface area (Å²) in [5.74, 6) is -0.625. The van der Waals surface area contributed by atoms with Crippen molar-refractivity contribution in [3.8, 4) is 0 Å². The van der Waals surface area contributed by atoms with Gasteiger partial charge in [0.05, 0.1) is 4.90 Å². The van der Waals surface area contributed by atoms with Crippen molar-refractivity contribution in [3.63, 3.8) is 0 Å². The number of nitrogens with zero attached hydrogens (tertiary/aromatic N) is 2. The number of carbonyl (C=O) groups excluding carboxylic acids is 1. The number of carbonyl (C=O) groups is 1. The first-order valence-corrected chi connectivity index (χ1v) is 10.3. The summed E-state index contributed by atoms with van der Waals surface area (Å²) in [6.07, 6.45) is 3.26. The lowest BCUT2D eigenvalue weighted by atomic mass is 10.1. The Hall–Kier alpha value is -2.59. The molecule has 0 aliphatic heterocycles. The molecule has 0 unspecified atom stereocenters. The van der Waals surface area contributed by atoms with E-state index in [2.05, 4.69) is 4.98 Å². The Morgan fingerprint density at radius 2 is 1.85 bits per heavy atom. The van der Waals surface area contributed by atoms with Crippen molar-refractivity contribution < 1.29 is 18.4 Å². The highest BCUT2D eigenvalue weighted by molar-refractivity contribution is 7.89. The maximum Gasteiger partial charge on any atom is 0.274 e.